The highest BCUT2D eigenvalue weighted by molar-refractivity contribution is 7.45. The molecule has 0 aliphatic carbocycles. The molecule has 0 spiro atoms. The Morgan fingerprint density at radius 1 is 0.480 bits per heavy atom. The van der Waals surface area contributed by atoms with Gasteiger partial charge in [-0.3, -0.25) is 14.2 Å². The van der Waals surface area contributed by atoms with E-state index in [2.05, 4.69) is 86.8 Å². The molecule has 0 bridgehead atoms. The predicted octanol–water partition coefficient (Wildman–Crippen LogP) is 18.6. The van der Waals surface area contributed by atoms with E-state index in [4.69, 9.17) is 13.8 Å². The van der Waals surface area contributed by atoms with Crippen molar-refractivity contribution < 1.29 is 37.3 Å². The maximum atomic E-state index is 13.5. The molecule has 0 aromatic heterocycles. The molecule has 0 aliphatic rings. The topological polar surface area (TPSA) is 114 Å². The third-order valence-electron chi connectivity index (χ3n) is 13.7. The van der Waals surface area contributed by atoms with Crippen molar-refractivity contribution in [2.45, 2.75) is 290 Å². The number of amides is 1. The first-order valence-corrected chi connectivity index (χ1v) is 32.7. The van der Waals surface area contributed by atoms with E-state index in [9.17, 15) is 19.0 Å². The third-order valence-corrected chi connectivity index (χ3v) is 14.6. The van der Waals surface area contributed by atoms with Crippen molar-refractivity contribution >= 4 is 19.7 Å². The Kier molecular flexibility index (Phi) is 52.9. The summed E-state index contributed by atoms with van der Waals surface area (Å²) >= 11 is 0. The van der Waals surface area contributed by atoms with Gasteiger partial charge in [-0.05, 0) is 76.7 Å². The van der Waals surface area contributed by atoms with Crippen molar-refractivity contribution in [3.63, 3.8) is 0 Å². The second kappa shape index (κ2) is 54.8. The van der Waals surface area contributed by atoms with Gasteiger partial charge in [-0.2, -0.15) is 0 Å². The monoisotopic (exact) mass is 1070 g/mol. The van der Waals surface area contributed by atoms with Crippen LogP contribution in [-0.2, 0) is 27.9 Å². The molecule has 9 nitrogen and oxygen atoms in total. The quantitative estimate of drug-likeness (QED) is 0.0212. The number of nitrogens with one attached hydrogen (secondary N) is 1. The Hall–Kier alpha value is -2.55. The van der Waals surface area contributed by atoms with Gasteiger partial charge < -0.3 is 28.5 Å². The molecule has 3 atom stereocenters. The van der Waals surface area contributed by atoms with Gasteiger partial charge in [0.2, 0.25) is 5.91 Å². The summed E-state index contributed by atoms with van der Waals surface area (Å²) in [6.45, 7) is 6.73. The number of unbranched alkanes of at least 4 members (excludes halogenated alkanes) is 30. The number of phosphoric acid groups is 1. The number of quaternary nitrogens is 1. The zero-order valence-electron chi connectivity index (χ0n) is 49.7. The summed E-state index contributed by atoms with van der Waals surface area (Å²) in [6, 6.07) is -0.890. The van der Waals surface area contributed by atoms with Crippen LogP contribution in [0.3, 0.4) is 0 Å². The molecule has 0 aromatic carbocycles. The van der Waals surface area contributed by atoms with Crippen LogP contribution in [0.25, 0.3) is 0 Å². The van der Waals surface area contributed by atoms with Crippen LogP contribution in [0.15, 0.2) is 72.9 Å². The first-order chi connectivity index (χ1) is 36.4. The van der Waals surface area contributed by atoms with Gasteiger partial charge in [0.25, 0.3) is 7.82 Å². The number of carbonyl (C=O) groups is 2. The molecule has 0 heterocycles. The Morgan fingerprint density at radius 2 is 0.853 bits per heavy atom. The van der Waals surface area contributed by atoms with Gasteiger partial charge in [-0.25, -0.2) is 0 Å². The van der Waals surface area contributed by atoms with Gasteiger partial charge in [0.15, 0.2) is 0 Å². The first kappa shape index (κ1) is 72.5. The Morgan fingerprint density at radius 3 is 1.28 bits per heavy atom. The minimum Gasteiger partial charge on any atom is -0.756 e. The van der Waals surface area contributed by atoms with E-state index in [1.807, 2.05) is 33.3 Å². The highest BCUT2D eigenvalue weighted by atomic mass is 31.2. The van der Waals surface area contributed by atoms with E-state index >= 15 is 0 Å². The van der Waals surface area contributed by atoms with Crippen LogP contribution in [0, 0.1) is 0 Å². The lowest BCUT2D eigenvalue weighted by Crippen LogP contribution is -2.47. The summed E-state index contributed by atoms with van der Waals surface area (Å²) < 4.78 is 30.3. The molecule has 10 heteroatoms. The van der Waals surface area contributed by atoms with Crippen molar-refractivity contribution in [1.82, 2.24) is 5.32 Å². The van der Waals surface area contributed by atoms with Crippen LogP contribution in [-0.4, -0.2) is 69.4 Å². The smallest absolute Gasteiger partial charge is 0.306 e. The van der Waals surface area contributed by atoms with E-state index in [0.717, 1.165) is 103 Å². The van der Waals surface area contributed by atoms with Crippen LogP contribution in [0.5, 0.6) is 0 Å². The average molecular weight is 1070 g/mol. The van der Waals surface area contributed by atoms with Gasteiger partial charge in [-0.1, -0.05) is 261 Å². The fraction of sp³-hybridized carbons (Fsp3) is 0.785. The second-order valence-corrected chi connectivity index (χ2v) is 23.6. The molecular formula is C65H119N2O7P. The molecule has 436 valence electrons. The van der Waals surface area contributed by atoms with Crippen LogP contribution in [0.4, 0.5) is 0 Å². The summed E-state index contributed by atoms with van der Waals surface area (Å²) in [5.41, 5.74) is 0. The van der Waals surface area contributed by atoms with Crippen LogP contribution >= 0.6 is 7.82 Å². The molecule has 1 N–H and O–H groups in total. The summed E-state index contributed by atoms with van der Waals surface area (Å²) in [5, 5.41) is 3.02. The first-order valence-electron chi connectivity index (χ1n) is 31.2. The lowest BCUT2D eigenvalue weighted by atomic mass is 10.0. The second-order valence-electron chi connectivity index (χ2n) is 22.2. The van der Waals surface area contributed by atoms with Gasteiger partial charge in [0, 0.05) is 12.8 Å². The molecule has 0 saturated heterocycles. The minimum atomic E-state index is -4.70. The predicted molar refractivity (Wildman–Crippen MR) is 321 cm³/mol. The van der Waals surface area contributed by atoms with Gasteiger partial charge >= 0.3 is 5.97 Å². The third kappa shape index (κ3) is 56.0. The molecule has 0 rings (SSSR count). The Balaban J connectivity index is 5.11. The minimum absolute atomic E-state index is 0.0240. The number of esters is 1. The van der Waals surface area contributed by atoms with Crippen molar-refractivity contribution in [3.05, 3.63) is 72.9 Å². The standard InChI is InChI=1S/C65H119N2O7P/c1-7-10-13-16-19-22-25-27-28-29-30-31-32-33-34-35-36-37-38-40-43-46-49-52-55-58-65(69)74-63(56-53-50-47-44-41-24-21-18-15-12-9-3)62(61-73-75(70,71)72-60-59-67(4,5)6)66-64(68)57-54-51-48-45-42-39-26-23-20-17-14-11-8-2/h10,13,19,22,27-28,30-31,33-34,53,56,62-63H,7-9,11-12,14-18,20-21,23-26,29,32,35-52,54-55,57-61H2,1-6H3,(H-,66,68,70,71)/b13-10-,22-19-,28-27-,31-30-,34-33-,56-53-. The zero-order valence-corrected chi connectivity index (χ0v) is 50.6. The molecule has 75 heavy (non-hydrogen) atoms. The van der Waals surface area contributed by atoms with Crippen LogP contribution in [0.1, 0.15) is 278 Å². The van der Waals surface area contributed by atoms with E-state index in [0.29, 0.717) is 17.4 Å². The molecule has 0 radical (unpaired) electrons. The fourth-order valence-corrected chi connectivity index (χ4v) is 9.57. The number of carbonyl (C=O) groups excluding carboxylic acids is 2. The number of hydrogen-bond acceptors (Lipinski definition) is 7. The molecule has 1 amide bonds. The summed E-state index contributed by atoms with van der Waals surface area (Å²) in [6.07, 6.45) is 70.1. The summed E-state index contributed by atoms with van der Waals surface area (Å²) in [5.74, 6) is -0.544. The molecular weight excluding hydrogens is 952 g/mol. The van der Waals surface area contributed by atoms with Crippen LogP contribution in [0.2, 0.25) is 0 Å². The number of hydrogen-bond donors (Lipinski definition) is 1. The maximum absolute atomic E-state index is 13.5. The summed E-state index contributed by atoms with van der Waals surface area (Å²) in [7, 11) is 1.18. The zero-order chi connectivity index (χ0) is 55.0. The van der Waals surface area contributed by atoms with Crippen LogP contribution < -0.4 is 10.2 Å². The number of ether oxygens (including phenoxy) is 1. The number of nitrogens with zero attached hydrogens (tertiary/aromatic N) is 1. The average Bonchev–Trinajstić information content (AvgIpc) is 3.37. The van der Waals surface area contributed by atoms with Gasteiger partial charge in [0.05, 0.1) is 33.8 Å². The van der Waals surface area contributed by atoms with Crippen molar-refractivity contribution in [3.8, 4) is 0 Å². The van der Waals surface area contributed by atoms with Crippen molar-refractivity contribution in [2.75, 3.05) is 40.9 Å². The van der Waals surface area contributed by atoms with E-state index < -0.39 is 20.0 Å². The van der Waals surface area contributed by atoms with E-state index in [1.165, 1.54) is 141 Å². The van der Waals surface area contributed by atoms with Crippen molar-refractivity contribution in [1.29, 1.82) is 0 Å². The van der Waals surface area contributed by atoms with Gasteiger partial charge in [0.1, 0.15) is 19.3 Å². The number of rotatable bonds is 56. The fourth-order valence-electron chi connectivity index (χ4n) is 8.84. The SMILES string of the molecule is CC/C=C\C/C=C\C/C=C\C/C=C\C/C=C\CCCCCCCCCCCC(=O)OC(/C=C\CCCCCCCCCCC)C(COP(=O)([O-])OCC[N+](C)(C)C)NC(=O)CCCCCCCCCCCCCCC. The highest BCUT2D eigenvalue weighted by Gasteiger charge is 2.27. The molecule has 3 unspecified atom stereocenters. The normalized spacial score (nSPS) is 14.2. The molecule has 0 saturated carbocycles. The highest BCUT2D eigenvalue weighted by Crippen LogP contribution is 2.38. The number of allylic oxidation sites excluding steroid dienone is 11. The summed E-state index contributed by atoms with van der Waals surface area (Å²) in [4.78, 5) is 39.9. The molecule has 0 fully saturated rings. The largest absolute Gasteiger partial charge is 0.756 e. The Labute approximate surface area is 463 Å². The van der Waals surface area contributed by atoms with Crippen molar-refractivity contribution in [2.24, 2.45) is 0 Å². The maximum Gasteiger partial charge on any atom is 0.306 e. The van der Waals surface area contributed by atoms with E-state index in [1.54, 1.807) is 0 Å². The van der Waals surface area contributed by atoms with E-state index in [-0.39, 0.29) is 31.5 Å². The number of likely N-dealkylation sites (N-methyl/N-ethyl adjacent to an activating group) is 1. The van der Waals surface area contributed by atoms with Gasteiger partial charge in [-0.15, -0.1) is 0 Å². The molecule has 0 aliphatic heterocycles. The Bertz CT molecular complexity index is 1510. The number of phosphoric ester groups is 1. The lowest BCUT2D eigenvalue weighted by molar-refractivity contribution is -0.870. The molecule has 0 aromatic rings. The lowest BCUT2D eigenvalue weighted by Gasteiger charge is -2.30.